The van der Waals surface area contributed by atoms with E-state index in [4.69, 9.17) is 0 Å². The normalized spacial score (nSPS) is 21.1. The van der Waals surface area contributed by atoms with Gasteiger partial charge in [0.2, 0.25) is 5.91 Å². The predicted molar refractivity (Wildman–Crippen MR) is 118 cm³/mol. The fourth-order valence-electron chi connectivity index (χ4n) is 4.10. The molecule has 2 unspecified atom stereocenters. The zero-order valence-electron chi connectivity index (χ0n) is 16.5. The summed E-state index contributed by atoms with van der Waals surface area (Å²) in [7, 11) is 5.72. The number of hydrogen-bond donors (Lipinski definition) is 0. The average molecular weight is 414 g/mol. The lowest BCUT2D eigenvalue weighted by Crippen LogP contribution is -2.38. The molecule has 0 aliphatic carbocycles. The Bertz CT molecular complexity index is 876. The number of carbonyl (C=O) groups is 1. The summed E-state index contributed by atoms with van der Waals surface area (Å²) in [5, 5.41) is 7.23. The Kier molecular flexibility index (Phi) is 6.16. The van der Waals surface area contributed by atoms with E-state index < -0.39 is 0 Å². The van der Waals surface area contributed by atoms with Gasteiger partial charge in [-0.3, -0.25) is 9.48 Å². The van der Waals surface area contributed by atoms with Gasteiger partial charge >= 0.3 is 0 Å². The van der Waals surface area contributed by atoms with Gasteiger partial charge in [-0.15, -0.1) is 0 Å². The van der Waals surface area contributed by atoms with Gasteiger partial charge in [0.15, 0.2) is 0 Å². The van der Waals surface area contributed by atoms with Crippen LogP contribution in [0.25, 0.3) is 0 Å². The summed E-state index contributed by atoms with van der Waals surface area (Å²) in [4.78, 5) is 15.0. The van der Waals surface area contributed by atoms with Crippen molar-refractivity contribution in [1.82, 2.24) is 14.7 Å². The van der Waals surface area contributed by atoms with E-state index in [1.807, 2.05) is 39.5 Å². The number of amides is 1. The first-order chi connectivity index (χ1) is 13.6. The summed E-state index contributed by atoms with van der Waals surface area (Å²) in [6, 6.07) is 8.54. The number of nitrogens with zero attached hydrogens (tertiary/aromatic N) is 3. The third-order valence-corrected chi connectivity index (χ3v) is 8.28. The van der Waals surface area contributed by atoms with Crippen molar-refractivity contribution in [3.63, 3.8) is 0 Å². The Balaban J connectivity index is 1.43. The van der Waals surface area contributed by atoms with Crippen molar-refractivity contribution < 1.29 is 4.79 Å². The largest absolute Gasteiger partial charge is 0.337 e. The molecular formula is C22H27N3OS2. The molecule has 4 nitrogen and oxygen atoms in total. The summed E-state index contributed by atoms with van der Waals surface area (Å²) >= 11 is 0. The summed E-state index contributed by atoms with van der Waals surface area (Å²) in [5.41, 5.74) is 5.01. The van der Waals surface area contributed by atoms with Crippen LogP contribution < -0.4 is 0 Å². The van der Waals surface area contributed by atoms with Crippen LogP contribution in [0.3, 0.4) is 0 Å². The molecule has 0 fully saturated rings. The lowest BCUT2D eigenvalue weighted by atomic mass is 9.84. The standard InChI is InChI=1S/C22H27N3OS2/c1-16-20(13-23-24(16)2)21-15-25(14-17-7-3-5-9-19(17)21)22(26)10-6-4-8-18-11-12-27-28-18/h3,5,7,9,11-13,18,21H,4,6,8,10,14-15H2,1-2H3. The highest BCUT2D eigenvalue weighted by molar-refractivity contribution is 8.78. The Morgan fingerprint density at radius 2 is 2.11 bits per heavy atom. The van der Waals surface area contributed by atoms with Crippen molar-refractivity contribution in [3.05, 3.63) is 64.3 Å². The monoisotopic (exact) mass is 413 g/mol. The molecule has 0 N–H and O–H groups in total. The molecule has 148 valence electrons. The molecular weight excluding hydrogens is 386 g/mol. The third-order valence-electron chi connectivity index (χ3n) is 5.85. The first-order valence-electron chi connectivity index (χ1n) is 9.96. The van der Waals surface area contributed by atoms with Gasteiger partial charge in [-0.1, -0.05) is 58.4 Å². The average Bonchev–Trinajstić information content (AvgIpc) is 3.35. The lowest BCUT2D eigenvalue weighted by Gasteiger charge is -2.35. The molecule has 6 heteroatoms. The lowest BCUT2D eigenvalue weighted by molar-refractivity contribution is -0.132. The number of rotatable bonds is 6. The number of carbonyl (C=O) groups excluding carboxylic acids is 1. The van der Waals surface area contributed by atoms with E-state index in [1.54, 1.807) is 0 Å². The van der Waals surface area contributed by atoms with Crippen molar-refractivity contribution in [2.45, 2.75) is 50.3 Å². The first-order valence-corrected chi connectivity index (χ1v) is 12.2. The quantitative estimate of drug-likeness (QED) is 0.491. The van der Waals surface area contributed by atoms with Crippen molar-refractivity contribution in [2.75, 3.05) is 6.54 Å². The minimum Gasteiger partial charge on any atom is -0.337 e. The molecule has 2 aliphatic heterocycles. The highest BCUT2D eigenvalue weighted by Crippen LogP contribution is 2.38. The van der Waals surface area contributed by atoms with Crippen LogP contribution in [-0.2, 0) is 18.4 Å². The number of aromatic nitrogens is 2. The van der Waals surface area contributed by atoms with Gasteiger partial charge in [0.05, 0.1) is 6.20 Å². The van der Waals surface area contributed by atoms with Crippen LogP contribution in [0, 0.1) is 6.92 Å². The number of aryl methyl sites for hydroxylation is 1. The Morgan fingerprint density at radius 1 is 1.25 bits per heavy atom. The first kappa shape index (κ1) is 19.6. The molecule has 1 amide bonds. The fourth-order valence-corrected chi connectivity index (χ4v) is 6.36. The molecule has 1 aromatic heterocycles. The van der Waals surface area contributed by atoms with E-state index in [-0.39, 0.29) is 11.8 Å². The molecule has 2 atom stereocenters. The molecule has 28 heavy (non-hydrogen) atoms. The van der Waals surface area contributed by atoms with Gasteiger partial charge in [0.25, 0.3) is 0 Å². The zero-order chi connectivity index (χ0) is 19.5. The molecule has 0 saturated carbocycles. The van der Waals surface area contributed by atoms with E-state index in [0.717, 1.165) is 25.9 Å². The molecule has 3 heterocycles. The molecule has 0 saturated heterocycles. The van der Waals surface area contributed by atoms with Crippen LogP contribution in [0.1, 0.15) is 54.0 Å². The second kappa shape index (κ2) is 8.78. The fraction of sp³-hybridized carbons (Fsp3) is 0.455. The molecule has 4 rings (SSSR count). The van der Waals surface area contributed by atoms with Crippen LogP contribution in [-0.4, -0.2) is 32.4 Å². The van der Waals surface area contributed by atoms with E-state index >= 15 is 0 Å². The highest BCUT2D eigenvalue weighted by Gasteiger charge is 2.30. The highest BCUT2D eigenvalue weighted by atomic mass is 33.1. The summed E-state index contributed by atoms with van der Waals surface area (Å²) < 4.78 is 1.92. The van der Waals surface area contributed by atoms with Crippen molar-refractivity contribution in [2.24, 2.45) is 7.05 Å². The number of fused-ring (bicyclic) bond motifs is 1. The topological polar surface area (TPSA) is 38.1 Å². The second-order valence-electron chi connectivity index (χ2n) is 7.64. The van der Waals surface area contributed by atoms with Crippen LogP contribution >= 0.6 is 21.6 Å². The summed E-state index contributed by atoms with van der Waals surface area (Å²) in [6.45, 7) is 3.59. The Morgan fingerprint density at radius 3 is 2.86 bits per heavy atom. The van der Waals surface area contributed by atoms with Crippen molar-refractivity contribution in [1.29, 1.82) is 0 Å². The smallest absolute Gasteiger partial charge is 0.222 e. The van der Waals surface area contributed by atoms with E-state index in [9.17, 15) is 4.79 Å². The minimum absolute atomic E-state index is 0.208. The molecule has 0 bridgehead atoms. The molecule has 2 aromatic rings. The van der Waals surface area contributed by atoms with E-state index in [1.165, 1.54) is 28.8 Å². The van der Waals surface area contributed by atoms with Gasteiger partial charge in [-0.25, -0.2) is 0 Å². The van der Waals surface area contributed by atoms with E-state index in [0.29, 0.717) is 11.7 Å². The van der Waals surface area contributed by atoms with Crippen molar-refractivity contribution >= 4 is 27.5 Å². The second-order valence-corrected chi connectivity index (χ2v) is 10.1. The van der Waals surface area contributed by atoms with Crippen LogP contribution in [0.4, 0.5) is 0 Å². The number of hydrogen-bond acceptors (Lipinski definition) is 4. The zero-order valence-corrected chi connectivity index (χ0v) is 18.1. The number of unbranched alkanes of at least 4 members (excludes halogenated alkanes) is 1. The van der Waals surface area contributed by atoms with Gasteiger partial charge in [0.1, 0.15) is 0 Å². The SMILES string of the molecule is Cc1c(C2CN(C(=O)CCCCC3C=CSS3)Cc3ccccc32)cnn1C. The van der Waals surface area contributed by atoms with Crippen LogP contribution in [0.5, 0.6) is 0 Å². The van der Waals surface area contributed by atoms with Gasteiger partial charge in [-0.2, -0.15) is 5.10 Å². The van der Waals surface area contributed by atoms with Crippen molar-refractivity contribution in [3.8, 4) is 0 Å². The molecule has 1 aromatic carbocycles. The molecule has 0 radical (unpaired) electrons. The van der Waals surface area contributed by atoms with Gasteiger partial charge in [0, 0.05) is 49.0 Å². The maximum Gasteiger partial charge on any atom is 0.222 e. The Labute approximate surface area is 175 Å². The molecule has 0 spiro atoms. The van der Waals surface area contributed by atoms with Gasteiger partial charge < -0.3 is 4.90 Å². The predicted octanol–water partition coefficient (Wildman–Crippen LogP) is 5.04. The maximum atomic E-state index is 13.0. The summed E-state index contributed by atoms with van der Waals surface area (Å²) in [6.07, 6.45) is 8.15. The minimum atomic E-state index is 0.208. The maximum absolute atomic E-state index is 13.0. The van der Waals surface area contributed by atoms with E-state index in [2.05, 4.69) is 52.7 Å². The molecule has 2 aliphatic rings. The van der Waals surface area contributed by atoms with Gasteiger partial charge in [-0.05, 0) is 36.3 Å². The number of benzene rings is 1. The van der Waals surface area contributed by atoms with Crippen LogP contribution in [0.15, 0.2) is 41.9 Å². The summed E-state index contributed by atoms with van der Waals surface area (Å²) in [5.74, 6) is 0.490. The Hall–Kier alpha value is -1.66. The van der Waals surface area contributed by atoms with Crippen LogP contribution in [0.2, 0.25) is 0 Å². The third kappa shape index (κ3) is 4.18.